The molecule has 2 N–H and O–H groups in total. The number of aliphatic hydroxyl groups excluding tert-OH is 1. The van der Waals surface area contributed by atoms with E-state index in [0.29, 0.717) is 0 Å². The molecule has 2 nitrogen and oxygen atoms in total. The first-order chi connectivity index (χ1) is 7.09. The molecule has 0 aliphatic carbocycles. The highest BCUT2D eigenvalue weighted by Gasteiger charge is 1.98. The number of benzene rings is 1. The predicted octanol–water partition coefficient (Wildman–Crippen LogP) is 2.62. The summed E-state index contributed by atoms with van der Waals surface area (Å²) in [5, 5.41) is 12.4. The van der Waals surface area contributed by atoms with Crippen molar-refractivity contribution in [2.45, 2.75) is 32.9 Å². The van der Waals surface area contributed by atoms with Crippen LogP contribution in [0.1, 0.15) is 24.5 Å². The number of rotatable bonds is 5. The Kier molecular flexibility index (Phi) is 5.29. The lowest BCUT2D eigenvalue weighted by Gasteiger charge is -2.07. The molecule has 1 rings (SSSR count). The van der Waals surface area contributed by atoms with Crippen molar-refractivity contribution in [3.63, 3.8) is 0 Å². The molecule has 15 heavy (non-hydrogen) atoms. The molecule has 0 amide bonds. The second-order valence-electron chi connectivity index (χ2n) is 3.90. The minimum atomic E-state index is -0.218. The van der Waals surface area contributed by atoms with E-state index < -0.39 is 0 Å². The molecule has 0 bridgehead atoms. The highest BCUT2D eigenvalue weighted by atomic mass is 79.9. The van der Waals surface area contributed by atoms with Crippen molar-refractivity contribution in [2.75, 3.05) is 6.54 Å². The van der Waals surface area contributed by atoms with E-state index in [0.717, 1.165) is 24.0 Å². The molecule has 1 aromatic carbocycles. The summed E-state index contributed by atoms with van der Waals surface area (Å²) in [5.74, 6) is 0. The minimum Gasteiger partial charge on any atom is -0.393 e. The Hall–Kier alpha value is -0.380. The molecule has 0 aliphatic rings. The summed E-state index contributed by atoms with van der Waals surface area (Å²) in [6, 6.07) is 6.34. The van der Waals surface area contributed by atoms with Gasteiger partial charge in [0.15, 0.2) is 0 Å². The number of nitrogens with one attached hydrogen (secondary N) is 1. The van der Waals surface area contributed by atoms with Gasteiger partial charge in [-0.3, -0.25) is 0 Å². The van der Waals surface area contributed by atoms with Crippen LogP contribution in [0.25, 0.3) is 0 Å². The van der Waals surface area contributed by atoms with Gasteiger partial charge in [-0.05, 0) is 44.0 Å². The molecule has 0 aliphatic heterocycles. The first-order valence-corrected chi connectivity index (χ1v) is 6.02. The fourth-order valence-corrected chi connectivity index (χ4v) is 1.61. The first-order valence-electron chi connectivity index (χ1n) is 5.23. The minimum absolute atomic E-state index is 0.218. The van der Waals surface area contributed by atoms with E-state index in [1.807, 2.05) is 6.92 Å². The molecule has 0 heterocycles. The lowest BCUT2D eigenvalue weighted by Crippen LogP contribution is -2.18. The Morgan fingerprint density at radius 1 is 1.47 bits per heavy atom. The first kappa shape index (κ1) is 12.7. The van der Waals surface area contributed by atoms with Crippen LogP contribution in [0.15, 0.2) is 22.7 Å². The number of hydrogen-bond donors (Lipinski definition) is 2. The number of halogens is 1. The van der Waals surface area contributed by atoms with Crippen molar-refractivity contribution in [3.05, 3.63) is 33.8 Å². The molecule has 0 spiro atoms. The van der Waals surface area contributed by atoms with Crippen molar-refractivity contribution >= 4 is 15.9 Å². The van der Waals surface area contributed by atoms with Crippen LogP contribution in [0.4, 0.5) is 0 Å². The Bertz CT molecular complexity index is 312. The van der Waals surface area contributed by atoms with E-state index in [9.17, 15) is 0 Å². The second kappa shape index (κ2) is 6.26. The summed E-state index contributed by atoms with van der Waals surface area (Å²) in [6.07, 6.45) is 0.583. The summed E-state index contributed by atoms with van der Waals surface area (Å²) in [4.78, 5) is 0. The molecular formula is C12H18BrNO. The normalized spacial score (nSPS) is 12.8. The Morgan fingerprint density at radius 2 is 2.20 bits per heavy atom. The van der Waals surface area contributed by atoms with E-state index in [1.54, 1.807) is 0 Å². The molecule has 0 unspecified atom stereocenters. The van der Waals surface area contributed by atoms with Gasteiger partial charge >= 0.3 is 0 Å². The maximum Gasteiger partial charge on any atom is 0.0524 e. The van der Waals surface area contributed by atoms with Crippen LogP contribution in [0, 0.1) is 6.92 Å². The van der Waals surface area contributed by atoms with E-state index >= 15 is 0 Å². The van der Waals surface area contributed by atoms with Gasteiger partial charge in [-0.1, -0.05) is 28.1 Å². The number of hydrogen-bond acceptors (Lipinski definition) is 2. The largest absolute Gasteiger partial charge is 0.393 e. The third-order valence-corrected chi connectivity index (χ3v) is 3.18. The third-order valence-electron chi connectivity index (χ3n) is 2.29. The van der Waals surface area contributed by atoms with Gasteiger partial charge < -0.3 is 10.4 Å². The molecule has 3 heteroatoms. The molecule has 84 valence electrons. The van der Waals surface area contributed by atoms with Crippen LogP contribution in [0.2, 0.25) is 0 Å². The molecule has 1 atom stereocenters. The summed E-state index contributed by atoms with van der Waals surface area (Å²) >= 11 is 3.48. The van der Waals surface area contributed by atoms with Crippen LogP contribution in [0.5, 0.6) is 0 Å². The van der Waals surface area contributed by atoms with E-state index in [2.05, 4.69) is 46.4 Å². The summed E-state index contributed by atoms with van der Waals surface area (Å²) in [6.45, 7) is 5.61. The van der Waals surface area contributed by atoms with Crippen molar-refractivity contribution < 1.29 is 5.11 Å². The number of aliphatic hydroxyl groups is 1. The Balaban J connectivity index is 2.35. The molecule has 0 saturated carbocycles. The summed E-state index contributed by atoms with van der Waals surface area (Å²) in [7, 11) is 0. The van der Waals surface area contributed by atoms with Gasteiger partial charge in [0, 0.05) is 11.0 Å². The van der Waals surface area contributed by atoms with Gasteiger partial charge in [0.25, 0.3) is 0 Å². The molecule has 1 aromatic rings. The monoisotopic (exact) mass is 271 g/mol. The molecule has 0 radical (unpaired) electrons. The molecule has 0 saturated heterocycles. The number of aryl methyl sites for hydroxylation is 1. The van der Waals surface area contributed by atoms with Gasteiger partial charge in [0.05, 0.1) is 6.10 Å². The smallest absolute Gasteiger partial charge is 0.0524 e. The quantitative estimate of drug-likeness (QED) is 0.808. The zero-order valence-electron chi connectivity index (χ0n) is 9.26. The zero-order chi connectivity index (χ0) is 11.3. The average Bonchev–Trinajstić information content (AvgIpc) is 2.18. The third kappa shape index (κ3) is 4.78. The topological polar surface area (TPSA) is 32.3 Å². The van der Waals surface area contributed by atoms with E-state index in [4.69, 9.17) is 5.11 Å². The van der Waals surface area contributed by atoms with Crippen LogP contribution >= 0.6 is 15.9 Å². The van der Waals surface area contributed by atoms with Gasteiger partial charge in [-0.25, -0.2) is 0 Å². The van der Waals surface area contributed by atoms with Gasteiger partial charge in [0.1, 0.15) is 0 Å². The van der Waals surface area contributed by atoms with Crippen LogP contribution in [0.3, 0.4) is 0 Å². The maximum atomic E-state index is 9.08. The van der Waals surface area contributed by atoms with Gasteiger partial charge in [-0.2, -0.15) is 0 Å². The predicted molar refractivity (Wildman–Crippen MR) is 66.9 cm³/mol. The SMILES string of the molecule is Cc1cc(CNCC[C@@H](C)O)ccc1Br. The van der Waals surface area contributed by atoms with Crippen LogP contribution in [-0.2, 0) is 6.54 Å². The standard InChI is InChI=1S/C12H18BrNO/c1-9-7-11(3-4-12(9)13)8-14-6-5-10(2)15/h3-4,7,10,14-15H,5-6,8H2,1-2H3/t10-/m1/s1. The molecule has 0 aromatic heterocycles. The lowest BCUT2D eigenvalue weighted by atomic mass is 10.1. The van der Waals surface area contributed by atoms with Crippen LogP contribution < -0.4 is 5.32 Å². The van der Waals surface area contributed by atoms with Crippen molar-refractivity contribution in [2.24, 2.45) is 0 Å². The van der Waals surface area contributed by atoms with Gasteiger partial charge in [0.2, 0.25) is 0 Å². The zero-order valence-corrected chi connectivity index (χ0v) is 10.8. The average molecular weight is 272 g/mol. The van der Waals surface area contributed by atoms with Gasteiger partial charge in [-0.15, -0.1) is 0 Å². The summed E-state index contributed by atoms with van der Waals surface area (Å²) < 4.78 is 1.15. The highest BCUT2D eigenvalue weighted by Crippen LogP contribution is 2.16. The second-order valence-corrected chi connectivity index (χ2v) is 4.75. The van der Waals surface area contributed by atoms with Crippen molar-refractivity contribution in [1.82, 2.24) is 5.32 Å². The highest BCUT2D eigenvalue weighted by molar-refractivity contribution is 9.10. The Morgan fingerprint density at radius 3 is 2.80 bits per heavy atom. The fourth-order valence-electron chi connectivity index (χ4n) is 1.36. The molecular weight excluding hydrogens is 254 g/mol. The molecule has 0 fully saturated rings. The van der Waals surface area contributed by atoms with Crippen LogP contribution in [-0.4, -0.2) is 17.8 Å². The van der Waals surface area contributed by atoms with Crippen molar-refractivity contribution in [1.29, 1.82) is 0 Å². The lowest BCUT2D eigenvalue weighted by molar-refractivity contribution is 0.183. The Labute approximate surface area is 99.8 Å². The summed E-state index contributed by atoms with van der Waals surface area (Å²) in [5.41, 5.74) is 2.53. The van der Waals surface area contributed by atoms with E-state index in [1.165, 1.54) is 11.1 Å². The maximum absolute atomic E-state index is 9.08. The fraction of sp³-hybridized carbons (Fsp3) is 0.500. The van der Waals surface area contributed by atoms with E-state index in [-0.39, 0.29) is 6.10 Å². The van der Waals surface area contributed by atoms with Crippen molar-refractivity contribution in [3.8, 4) is 0 Å².